The Morgan fingerprint density at radius 2 is 1.92 bits per heavy atom. The van der Waals surface area contributed by atoms with Crippen LogP contribution in [0.5, 0.6) is 5.75 Å². The molecule has 0 spiro atoms. The molecule has 5 rings (SSSR count). The standard InChI is InChI=1S/C28H31ClN4O2S/c1-17(21-6-4-5-7-22(21)29)35-25-15-26(36-27(25)28(30)34)33-16-31-23-13-10-19(14-24(23)33)18-8-11-20(12-9-18)32(2)3/h4-7,10,13-18,20H,8-9,11-12H2,1-3H3,(H2,30,34)/t17-,18?,20?/m1/s1. The second-order valence-electron chi connectivity index (χ2n) is 9.76. The van der Waals surface area contributed by atoms with Gasteiger partial charge in [-0.1, -0.05) is 35.9 Å². The van der Waals surface area contributed by atoms with Crippen LogP contribution in [0.15, 0.2) is 54.9 Å². The summed E-state index contributed by atoms with van der Waals surface area (Å²) < 4.78 is 8.22. The SMILES string of the molecule is C[C@@H](Oc1cc(-n2cnc3ccc(C4CCC(N(C)C)CC4)cc32)sc1C(N)=O)c1ccccc1Cl. The molecule has 0 saturated heterocycles. The van der Waals surface area contributed by atoms with E-state index in [2.05, 4.69) is 42.2 Å². The summed E-state index contributed by atoms with van der Waals surface area (Å²) in [5.41, 5.74) is 9.86. The summed E-state index contributed by atoms with van der Waals surface area (Å²) in [7, 11) is 4.34. The molecule has 1 atom stereocenters. The largest absolute Gasteiger partial charge is 0.484 e. The predicted molar refractivity (Wildman–Crippen MR) is 147 cm³/mol. The summed E-state index contributed by atoms with van der Waals surface area (Å²) in [4.78, 5) is 19.6. The van der Waals surface area contributed by atoms with Crippen molar-refractivity contribution in [1.82, 2.24) is 14.5 Å². The van der Waals surface area contributed by atoms with Crippen LogP contribution in [-0.2, 0) is 0 Å². The number of amides is 1. The minimum Gasteiger partial charge on any atom is -0.484 e. The van der Waals surface area contributed by atoms with E-state index in [0.717, 1.165) is 21.6 Å². The summed E-state index contributed by atoms with van der Waals surface area (Å²) in [5.74, 6) is 0.485. The van der Waals surface area contributed by atoms with Crippen LogP contribution in [-0.4, -0.2) is 40.5 Å². The second-order valence-corrected chi connectivity index (χ2v) is 11.2. The monoisotopic (exact) mass is 522 g/mol. The van der Waals surface area contributed by atoms with E-state index < -0.39 is 5.91 Å². The van der Waals surface area contributed by atoms with E-state index in [1.807, 2.05) is 41.8 Å². The van der Waals surface area contributed by atoms with Crippen molar-refractivity contribution < 1.29 is 9.53 Å². The number of halogens is 1. The molecule has 1 saturated carbocycles. The summed E-state index contributed by atoms with van der Waals surface area (Å²) in [6, 6.07) is 16.6. The van der Waals surface area contributed by atoms with Crippen LogP contribution < -0.4 is 10.5 Å². The van der Waals surface area contributed by atoms with E-state index in [1.165, 1.54) is 42.6 Å². The molecule has 2 N–H and O–H groups in total. The lowest BCUT2D eigenvalue weighted by Crippen LogP contribution is -2.31. The van der Waals surface area contributed by atoms with Crippen LogP contribution >= 0.6 is 22.9 Å². The van der Waals surface area contributed by atoms with Gasteiger partial charge in [0.05, 0.1) is 11.0 Å². The topological polar surface area (TPSA) is 73.4 Å². The molecule has 0 bridgehead atoms. The number of nitrogens with zero attached hydrogens (tertiary/aromatic N) is 3. The summed E-state index contributed by atoms with van der Waals surface area (Å²) in [6.07, 6.45) is 6.26. The number of nitrogens with two attached hydrogens (primary N) is 1. The number of imidazole rings is 1. The Labute approximate surface area is 220 Å². The predicted octanol–water partition coefficient (Wildman–Crippen LogP) is 6.57. The van der Waals surface area contributed by atoms with Crippen LogP contribution in [0.2, 0.25) is 5.02 Å². The Morgan fingerprint density at radius 3 is 2.61 bits per heavy atom. The lowest BCUT2D eigenvalue weighted by molar-refractivity contribution is 0.0998. The smallest absolute Gasteiger partial charge is 0.262 e. The Bertz CT molecular complexity index is 1390. The van der Waals surface area contributed by atoms with Gasteiger partial charge in [0, 0.05) is 22.7 Å². The van der Waals surface area contributed by atoms with Crippen LogP contribution in [0.3, 0.4) is 0 Å². The molecule has 0 radical (unpaired) electrons. The van der Waals surface area contributed by atoms with Crippen molar-refractivity contribution in [3.05, 3.63) is 75.9 Å². The van der Waals surface area contributed by atoms with Gasteiger partial charge in [0.1, 0.15) is 28.1 Å². The fraction of sp³-hybridized carbons (Fsp3) is 0.357. The van der Waals surface area contributed by atoms with Gasteiger partial charge < -0.3 is 15.4 Å². The first kappa shape index (κ1) is 24.8. The number of primary amides is 1. The fourth-order valence-electron chi connectivity index (χ4n) is 5.18. The summed E-state index contributed by atoms with van der Waals surface area (Å²) in [5, 5.41) is 1.45. The van der Waals surface area contributed by atoms with E-state index in [-0.39, 0.29) is 6.10 Å². The fourth-order valence-corrected chi connectivity index (χ4v) is 6.40. The zero-order valence-electron chi connectivity index (χ0n) is 20.8. The molecule has 2 aromatic carbocycles. The summed E-state index contributed by atoms with van der Waals surface area (Å²) >= 11 is 7.67. The molecule has 1 fully saturated rings. The molecule has 2 heterocycles. The van der Waals surface area contributed by atoms with E-state index in [4.69, 9.17) is 22.1 Å². The van der Waals surface area contributed by atoms with E-state index in [9.17, 15) is 4.79 Å². The van der Waals surface area contributed by atoms with Gasteiger partial charge >= 0.3 is 0 Å². The highest BCUT2D eigenvalue weighted by Gasteiger charge is 2.25. The van der Waals surface area contributed by atoms with Gasteiger partial charge in [-0.25, -0.2) is 4.98 Å². The minimum atomic E-state index is -0.518. The molecule has 8 heteroatoms. The van der Waals surface area contributed by atoms with Crippen molar-refractivity contribution in [1.29, 1.82) is 0 Å². The van der Waals surface area contributed by atoms with Crippen molar-refractivity contribution in [2.45, 2.75) is 50.7 Å². The zero-order chi connectivity index (χ0) is 25.4. The molecule has 4 aromatic rings. The zero-order valence-corrected chi connectivity index (χ0v) is 22.4. The van der Waals surface area contributed by atoms with Crippen molar-refractivity contribution in [3.8, 4) is 10.8 Å². The number of fused-ring (bicyclic) bond motifs is 1. The van der Waals surface area contributed by atoms with E-state index >= 15 is 0 Å². The Morgan fingerprint density at radius 1 is 1.17 bits per heavy atom. The maximum absolute atomic E-state index is 12.3. The van der Waals surface area contributed by atoms with Gasteiger partial charge in [-0.15, -0.1) is 11.3 Å². The molecule has 2 aromatic heterocycles. The number of carbonyl (C=O) groups excluding carboxylic acids is 1. The third kappa shape index (κ3) is 4.88. The van der Waals surface area contributed by atoms with Crippen LogP contribution in [0.1, 0.15) is 65.4 Å². The molecule has 188 valence electrons. The molecule has 1 aliphatic rings. The maximum atomic E-state index is 12.3. The van der Waals surface area contributed by atoms with E-state index in [0.29, 0.717) is 27.6 Å². The van der Waals surface area contributed by atoms with Gasteiger partial charge in [-0.2, -0.15) is 0 Å². The van der Waals surface area contributed by atoms with Gasteiger partial charge in [0.25, 0.3) is 5.91 Å². The number of thiophene rings is 1. The molecular formula is C28H31ClN4O2S. The first-order chi connectivity index (χ1) is 17.3. The second kappa shape index (κ2) is 10.2. The molecule has 1 aliphatic carbocycles. The number of hydrogen-bond donors (Lipinski definition) is 1. The van der Waals surface area contributed by atoms with Gasteiger partial charge in [-0.3, -0.25) is 9.36 Å². The highest BCUT2D eigenvalue weighted by molar-refractivity contribution is 7.16. The van der Waals surface area contributed by atoms with Crippen molar-refractivity contribution in [3.63, 3.8) is 0 Å². The Hall–Kier alpha value is -2.87. The van der Waals surface area contributed by atoms with E-state index in [1.54, 1.807) is 6.33 Å². The van der Waals surface area contributed by atoms with Gasteiger partial charge in [0.2, 0.25) is 0 Å². The lowest BCUT2D eigenvalue weighted by Gasteiger charge is -2.32. The first-order valence-corrected chi connectivity index (χ1v) is 13.5. The van der Waals surface area contributed by atoms with Crippen LogP contribution in [0.4, 0.5) is 0 Å². The number of benzene rings is 2. The average molecular weight is 523 g/mol. The number of ether oxygens (including phenoxy) is 1. The van der Waals surface area contributed by atoms with Crippen molar-refractivity contribution >= 4 is 39.9 Å². The lowest BCUT2D eigenvalue weighted by atomic mass is 9.81. The Balaban J connectivity index is 1.45. The third-order valence-corrected chi connectivity index (χ3v) is 8.74. The number of aromatic nitrogens is 2. The van der Waals surface area contributed by atoms with Crippen molar-refractivity contribution in [2.24, 2.45) is 5.73 Å². The summed E-state index contributed by atoms with van der Waals surface area (Å²) in [6.45, 7) is 1.91. The third-order valence-electron chi connectivity index (χ3n) is 7.26. The molecule has 0 unspecified atom stereocenters. The number of carbonyl (C=O) groups is 1. The molecule has 6 nitrogen and oxygen atoms in total. The molecule has 0 aliphatic heterocycles. The van der Waals surface area contributed by atoms with Gasteiger partial charge in [0.15, 0.2) is 0 Å². The highest BCUT2D eigenvalue weighted by atomic mass is 35.5. The molecule has 1 amide bonds. The van der Waals surface area contributed by atoms with Crippen LogP contribution in [0, 0.1) is 0 Å². The number of hydrogen-bond acceptors (Lipinski definition) is 5. The number of rotatable bonds is 7. The van der Waals surface area contributed by atoms with Crippen LogP contribution in [0.25, 0.3) is 16.0 Å². The minimum absolute atomic E-state index is 0.345. The Kier molecular flexibility index (Phi) is 7.06. The maximum Gasteiger partial charge on any atom is 0.262 e. The van der Waals surface area contributed by atoms with Gasteiger partial charge in [-0.05, 0) is 76.4 Å². The quantitative estimate of drug-likeness (QED) is 0.298. The average Bonchev–Trinajstić information content (AvgIpc) is 3.48. The highest BCUT2D eigenvalue weighted by Crippen LogP contribution is 2.39. The molecular weight excluding hydrogens is 492 g/mol. The molecule has 36 heavy (non-hydrogen) atoms. The first-order valence-electron chi connectivity index (χ1n) is 12.3. The normalized spacial score (nSPS) is 19.0. The van der Waals surface area contributed by atoms with Crippen molar-refractivity contribution in [2.75, 3.05) is 14.1 Å².